The summed E-state index contributed by atoms with van der Waals surface area (Å²) in [5, 5.41) is 0. The van der Waals surface area contributed by atoms with Crippen molar-refractivity contribution in [3.8, 4) is 17.2 Å². The van der Waals surface area contributed by atoms with E-state index in [2.05, 4.69) is 93.6 Å². The van der Waals surface area contributed by atoms with Crippen LogP contribution in [-0.4, -0.2) is 32.8 Å². The van der Waals surface area contributed by atoms with Crippen molar-refractivity contribution in [1.82, 2.24) is 0 Å². The standard InChI is InChI=1S/C30H39O3S.C7H8O3S/c1-4-7-20-31-25-23-28(32-21-8-5-2)30(29(24-25)33-22-9-6-3)34(26-16-12-10-13-17-26)27-18-14-11-15-19-27;1-6-2-4-7(5-3-6)11(8,9)10/h10-19,23-24H,4-9,20-22H2,1-3H3;2-5H,1H3,(H,8,9,10)/q+1;/p-1. The molecule has 0 saturated heterocycles. The summed E-state index contributed by atoms with van der Waals surface area (Å²) in [6, 6.07) is 31.3. The summed E-state index contributed by atoms with van der Waals surface area (Å²) in [6.07, 6.45) is 6.32. The summed E-state index contributed by atoms with van der Waals surface area (Å²) in [4.78, 5) is 3.42. The lowest BCUT2D eigenvalue weighted by Crippen LogP contribution is -2.12. The molecule has 45 heavy (non-hydrogen) atoms. The Kier molecular flexibility index (Phi) is 15.3. The molecule has 0 N–H and O–H groups in total. The van der Waals surface area contributed by atoms with Crippen molar-refractivity contribution in [3.63, 3.8) is 0 Å². The molecule has 0 saturated carbocycles. The van der Waals surface area contributed by atoms with Gasteiger partial charge in [-0.2, -0.15) is 0 Å². The molecule has 0 radical (unpaired) electrons. The van der Waals surface area contributed by atoms with Crippen LogP contribution in [0.4, 0.5) is 0 Å². The van der Waals surface area contributed by atoms with E-state index in [9.17, 15) is 13.0 Å². The molecule has 242 valence electrons. The minimum atomic E-state index is -4.27. The van der Waals surface area contributed by atoms with Crippen LogP contribution in [0, 0.1) is 6.92 Å². The quantitative estimate of drug-likeness (QED) is 0.0683. The average Bonchev–Trinajstić information content (AvgIpc) is 3.04. The van der Waals surface area contributed by atoms with Crippen LogP contribution < -0.4 is 14.2 Å². The van der Waals surface area contributed by atoms with E-state index in [0.717, 1.165) is 66.2 Å². The Balaban J connectivity index is 0.000000423. The van der Waals surface area contributed by atoms with Gasteiger partial charge >= 0.3 is 0 Å². The molecule has 0 bridgehead atoms. The van der Waals surface area contributed by atoms with Crippen molar-refractivity contribution in [1.29, 1.82) is 0 Å². The smallest absolute Gasteiger partial charge is 0.250 e. The van der Waals surface area contributed by atoms with Crippen molar-refractivity contribution in [2.45, 2.75) is 85.8 Å². The Hall–Kier alpha value is -3.46. The Morgan fingerprint density at radius 2 is 1.04 bits per heavy atom. The topological polar surface area (TPSA) is 84.9 Å². The Labute approximate surface area is 272 Å². The van der Waals surface area contributed by atoms with E-state index in [1.807, 2.05) is 6.92 Å². The maximum atomic E-state index is 10.4. The van der Waals surface area contributed by atoms with Gasteiger partial charge in [0.1, 0.15) is 26.8 Å². The maximum Gasteiger partial charge on any atom is 0.250 e. The van der Waals surface area contributed by atoms with Gasteiger partial charge in [-0.1, -0.05) is 94.1 Å². The second kappa shape index (κ2) is 19.1. The van der Waals surface area contributed by atoms with E-state index in [1.54, 1.807) is 12.1 Å². The molecular weight excluding hydrogens is 605 g/mol. The van der Waals surface area contributed by atoms with E-state index in [1.165, 1.54) is 21.9 Å². The van der Waals surface area contributed by atoms with E-state index in [4.69, 9.17) is 14.2 Å². The van der Waals surface area contributed by atoms with E-state index in [-0.39, 0.29) is 15.8 Å². The molecule has 0 aliphatic rings. The van der Waals surface area contributed by atoms with Crippen molar-refractivity contribution >= 4 is 21.0 Å². The summed E-state index contributed by atoms with van der Waals surface area (Å²) in [5.74, 6) is 2.55. The molecule has 4 rings (SSSR count). The molecule has 0 fully saturated rings. The number of aryl methyl sites for hydroxylation is 1. The number of ether oxygens (including phenoxy) is 3. The average molecular weight is 651 g/mol. The summed E-state index contributed by atoms with van der Waals surface area (Å²) < 4.78 is 50.2. The molecule has 0 amide bonds. The van der Waals surface area contributed by atoms with Gasteiger partial charge in [0.2, 0.25) is 4.90 Å². The SMILES string of the molecule is CCCCOc1cc(OCCCC)c([S+](c2ccccc2)c2ccccc2)c(OCCCC)c1.Cc1ccc(S(=O)(=O)[O-])cc1. The molecular formula is C37H46O6S2. The van der Waals surface area contributed by atoms with Gasteiger partial charge in [-0.15, -0.1) is 0 Å². The summed E-state index contributed by atoms with van der Waals surface area (Å²) in [7, 11) is -4.64. The lowest BCUT2D eigenvalue weighted by atomic mass is 10.2. The van der Waals surface area contributed by atoms with Gasteiger partial charge in [0, 0.05) is 12.1 Å². The lowest BCUT2D eigenvalue weighted by molar-refractivity contribution is 0.269. The lowest BCUT2D eigenvalue weighted by Gasteiger charge is -2.18. The van der Waals surface area contributed by atoms with Crippen LogP contribution in [0.15, 0.2) is 117 Å². The van der Waals surface area contributed by atoms with Crippen LogP contribution >= 0.6 is 0 Å². The fourth-order valence-electron chi connectivity index (χ4n) is 4.23. The first-order valence-electron chi connectivity index (χ1n) is 15.7. The zero-order valence-electron chi connectivity index (χ0n) is 26.9. The van der Waals surface area contributed by atoms with E-state index >= 15 is 0 Å². The third kappa shape index (κ3) is 11.8. The highest BCUT2D eigenvalue weighted by molar-refractivity contribution is 7.97. The fraction of sp³-hybridized carbons (Fsp3) is 0.351. The fourth-order valence-corrected chi connectivity index (χ4v) is 6.94. The highest BCUT2D eigenvalue weighted by Gasteiger charge is 2.37. The van der Waals surface area contributed by atoms with Gasteiger partial charge in [-0.05, 0) is 62.6 Å². The molecule has 0 unspecified atom stereocenters. The molecule has 6 nitrogen and oxygen atoms in total. The van der Waals surface area contributed by atoms with Gasteiger partial charge in [0.15, 0.2) is 21.3 Å². The van der Waals surface area contributed by atoms with Crippen molar-refractivity contribution in [2.75, 3.05) is 19.8 Å². The zero-order valence-corrected chi connectivity index (χ0v) is 28.5. The first kappa shape index (κ1) is 36.0. The number of rotatable bonds is 16. The predicted molar refractivity (Wildman–Crippen MR) is 182 cm³/mol. The van der Waals surface area contributed by atoms with Crippen molar-refractivity contribution in [3.05, 3.63) is 103 Å². The van der Waals surface area contributed by atoms with Crippen LogP contribution in [0.2, 0.25) is 0 Å². The first-order valence-corrected chi connectivity index (χ1v) is 18.3. The number of hydrogen-bond donors (Lipinski definition) is 0. The summed E-state index contributed by atoms with van der Waals surface area (Å²) >= 11 is 0. The van der Waals surface area contributed by atoms with Crippen molar-refractivity contribution < 1.29 is 27.2 Å². The minimum Gasteiger partial charge on any atom is -0.744 e. The Bertz CT molecular complexity index is 1440. The minimum absolute atomic E-state index is 0.178. The molecule has 0 spiro atoms. The second-order valence-corrected chi connectivity index (χ2v) is 13.9. The van der Waals surface area contributed by atoms with Gasteiger partial charge in [-0.25, -0.2) is 8.42 Å². The number of benzene rings is 4. The maximum absolute atomic E-state index is 10.4. The highest BCUT2D eigenvalue weighted by atomic mass is 32.2. The van der Waals surface area contributed by atoms with Gasteiger partial charge in [-0.3, -0.25) is 0 Å². The summed E-state index contributed by atoms with van der Waals surface area (Å²) in [5.41, 5.74) is 0.928. The van der Waals surface area contributed by atoms with Gasteiger partial charge in [0.05, 0.1) is 24.7 Å². The summed E-state index contributed by atoms with van der Waals surface area (Å²) in [6.45, 7) is 10.4. The molecule has 0 heterocycles. The predicted octanol–water partition coefficient (Wildman–Crippen LogP) is 9.22. The van der Waals surface area contributed by atoms with Crippen LogP contribution in [-0.2, 0) is 21.0 Å². The van der Waals surface area contributed by atoms with Crippen molar-refractivity contribution in [2.24, 2.45) is 0 Å². The molecule has 4 aromatic rings. The van der Waals surface area contributed by atoms with Crippen LogP contribution in [0.1, 0.15) is 64.9 Å². The second-order valence-electron chi connectivity index (χ2n) is 10.6. The molecule has 4 aromatic carbocycles. The van der Waals surface area contributed by atoms with Crippen LogP contribution in [0.25, 0.3) is 0 Å². The van der Waals surface area contributed by atoms with E-state index in [0.29, 0.717) is 19.8 Å². The highest BCUT2D eigenvalue weighted by Crippen LogP contribution is 2.45. The zero-order chi connectivity index (χ0) is 32.5. The Morgan fingerprint density at radius 1 is 0.622 bits per heavy atom. The van der Waals surface area contributed by atoms with E-state index < -0.39 is 10.1 Å². The molecule has 0 aliphatic heterocycles. The molecule has 8 heteroatoms. The van der Waals surface area contributed by atoms with Crippen LogP contribution in [0.3, 0.4) is 0 Å². The monoisotopic (exact) mass is 650 g/mol. The number of hydrogen-bond acceptors (Lipinski definition) is 6. The molecule has 0 atom stereocenters. The molecule has 0 aromatic heterocycles. The normalized spacial score (nSPS) is 11.1. The largest absolute Gasteiger partial charge is 0.744 e. The number of unbranched alkanes of at least 4 members (excludes halogenated alkanes) is 3. The third-order valence-corrected chi connectivity index (χ3v) is 9.89. The first-order chi connectivity index (χ1) is 21.8. The van der Waals surface area contributed by atoms with Gasteiger partial charge in [0.25, 0.3) is 0 Å². The third-order valence-electron chi connectivity index (χ3n) is 6.74. The Morgan fingerprint density at radius 3 is 1.44 bits per heavy atom. The van der Waals surface area contributed by atoms with Crippen LogP contribution in [0.5, 0.6) is 17.2 Å². The molecule has 0 aliphatic carbocycles. The van der Waals surface area contributed by atoms with Gasteiger partial charge < -0.3 is 18.8 Å².